The van der Waals surface area contributed by atoms with Crippen molar-refractivity contribution in [3.63, 3.8) is 0 Å². The Morgan fingerprint density at radius 2 is 2.03 bits per heavy atom. The van der Waals surface area contributed by atoms with E-state index in [1.807, 2.05) is 0 Å². The van der Waals surface area contributed by atoms with E-state index in [4.69, 9.17) is 9.84 Å². The van der Waals surface area contributed by atoms with Crippen LogP contribution in [0.25, 0.3) is 0 Å². The number of ether oxygens (including phenoxy) is 1. The maximum Gasteiger partial charge on any atom is 0.323 e. The third kappa shape index (κ3) is 3.19. The summed E-state index contributed by atoms with van der Waals surface area (Å²) in [7, 11) is 0. The van der Waals surface area contributed by atoms with Crippen molar-refractivity contribution >= 4 is 40.9 Å². The van der Waals surface area contributed by atoms with Crippen LogP contribution in [0.5, 0.6) is 11.5 Å². The smallest absolute Gasteiger partial charge is 0.323 e. The van der Waals surface area contributed by atoms with E-state index in [0.717, 1.165) is 28.0 Å². The number of thiazole rings is 1. The highest BCUT2D eigenvalue weighted by Crippen LogP contribution is 2.53. The van der Waals surface area contributed by atoms with E-state index in [1.54, 1.807) is 19.1 Å². The standard InChI is InChI=1S/C18H16N2O7S2/c1-2-27-9-5-7(3-4-8(9)21)11-12-14(28-15-13(11)29-18(26)19-15)17(25)20(16(12)24)6-10(22)23/h3-5,11-12,14,21H,2,6H2,1H3,(H,19,26)(H,22,23)/t11-,12?,14?/m0/s1. The van der Waals surface area contributed by atoms with Crippen molar-refractivity contribution in [1.82, 2.24) is 9.88 Å². The van der Waals surface area contributed by atoms with Crippen molar-refractivity contribution in [2.45, 2.75) is 23.1 Å². The molecule has 0 radical (unpaired) electrons. The largest absolute Gasteiger partial charge is 0.504 e. The van der Waals surface area contributed by atoms with Crippen LogP contribution < -0.4 is 9.61 Å². The molecule has 9 nitrogen and oxygen atoms in total. The molecule has 1 aromatic carbocycles. The molecule has 3 atom stereocenters. The Bertz CT molecular complexity index is 1080. The molecule has 2 aliphatic heterocycles. The number of likely N-dealkylation sites (tertiary alicyclic amines) is 1. The van der Waals surface area contributed by atoms with Crippen LogP contribution in [0.1, 0.15) is 23.3 Å². The Kier molecular flexibility index (Phi) is 4.87. The number of H-pyrrole nitrogens is 1. The number of aromatic nitrogens is 1. The molecule has 1 aromatic heterocycles. The van der Waals surface area contributed by atoms with E-state index in [0.29, 0.717) is 22.1 Å². The Morgan fingerprint density at radius 1 is 1.28 bits per heavy atom. The summed E-state index contributed by atoms with van der Waals surface area (Å²) in [4.78, 5) is 52.7. The molecule has 0 saturated carbocycles. The fraction of sp³-hybridized carbons (Fsp3) is 0.333. The van der Waals surface area contributed by atoms with Crippen LogP contribution in [0, 0.1) is 5.92 Å². The minimum absolute atomic E-state index is 0.0684. The van der Waals surface area contributed by atoms with E-state index in [9.17, 15) is 24.3 Å². The van der Waals surface area contributed by atoms with Gasteiger partial charge in [0.05, 0.1) is 17.6 Å². The van der Waals surface area contributed by atoms with Gasteiger partial charge >= 0.3 is 10.8 Å². The molecular weight excluding hydrogens is 420 g/mol. The summed E-state index contributed by atoms with van der Waals surface area (Å²) < 4.78 is 5.43. The zero-order chi connectivity index (χ0) is 20.9. The summed E-state index contributed by atoms with van der Waals surface area (Å²) in [6.07, 6.45) is 0. The quantitative estimate of drug-likeness (QED) is 0.595. The third-order valence-electron chi connectivity index (χ3n) is 4.85. The molecule has 0 bridgehead atoms. The number of carboxylic acids is 1. The fourth-order valence-electron chi connectivity index (χ4n) is 3.72. The molecule has 4 rings (SSSR count). The number of phenols is 1. The second kappa shape index (κ2) is 7.23. The highest BCUT2D eigenvalue weighted by atomic mass is 32.2. The van der Waals surface area contributed by atoms with Crippen molar-refractivity contribution in [3.8, 4) is 11.5 Å². The number of fused-ring (bicyclic) bond motifs is 2. The molecule has 2 aliphatic rings. The molecule has 1 fully saturated rings. The molecule has 3 N–H and O–H groups in total. The lowest BCUT2D eigenvalue weighted by Crippen LogP contribution is -2.36. The SMILES string of the molecule is CCOc1cc([C@@H]2c3sc(=O)[nH]c3SC3C(=O)N(CC(=O)O)C(=O)C32)ccc1O. The molecule has 1 saturated heterocycles. The molecule has 2 unspecified atom stereocenters. The second-order valence-corrected chi connectivity index (χ2v) is 8.73. The van der Waals surface area contributed by atoms with Gasteiger partial charge in [0.1, 0.15) is 11.8 Å². The molecule has 0 spiro atoms. The molecule has 3 heterocycles. The number of thioether (sulfide) groups is 1. The number of aromatic hydroxyl groups is 1. The maximum atomic E-state index is 13.0. The second-order valence-electron chi connectivity index (χ2n) is 6.57. The highest BCUT2D eigenvalue weighted by Gasteiger charge is 2.56. The van der Waals surface area contributed by atoms with Gasteiger partial charge in [-0.25, -0.2) is 0 Å². The minimum atomic E-state index is -1.28. The lowest BCUT2D eigenvalue weighted by molar-refractivity contribution is -0.149. The van der Waals surface area contributed by atoms with E-state index in [1.165, 1.54) is 6.07 Å². The number of aromatic amines is 1. The average molecular weight is 436 g/mol. The number of carboxylic acid groups (broad SMARTS) is 1. The first-order valence-electron chi connectivity index (χ1n) is 8.74. The summed E-state index contributed by atoms with van der Waals surface area (Å²) in [6, 6.07) is 4.63. The number of aliphatic carboxylic acids is 1. The fourth-order valence-corrected chi connectivity index (χ4v) is 6.26. The monoisotopic (exact) mass is 436 g/mol. The predicted molar refractivity (Wildman–Crippen MR) is 104 cm³/mol. The lowest BCUT2D eigenvalue weighted by atomic mass is 9.83. The van der Waals surface area contributed by atoms with Crippen LogP contribution in [-0.2, 0) is 14.4 Å². The van der Waals surface area contributed by atoms with Gasteiger partial charge in [0.15, 0.2) is 11.5 Å². The number of amides is 2. The predicted octanol–water partition coefficient (Wildman–Crippen LogP) is 1.22. The first kappa shape index (κ1) is 19.5. The van der Waals surface area contributed by atoms with Crippen molar-refractivity contribution in [1.29, 1.82) is 0 Å². The number of nitrogens with zero attached hydrogens (tertiary/aromatic N) is 1. The van der Waals surface area contributed by atoms with Gasteiger partial charge in [0.25, 0.3) is 0 Å². The van der Waals surface area contributed by atoms with Gasteiger partial charge in [-0.05, 0) is 24.6 Å². The van der Waals surface area contributed by atoms with E-state index >= 15 is 0 Å². The van der Waals surface area contributed by atoms with Crippen molar-refractivity contribution in [2.24, 2.45) is 5.92 Å². The maximum absolute atomic E-state index is 13.0. The zero-order valence-corrected chi connectivity index (χ0v) is 16.7. The van der Waals surface area contributed by atoms with Crippen molar-refractivity contribution in [2.75, 3.05) is 13.2 Å². The molecule has 0 aliphatic carbocycles. The van der Waals surface area contributed by atoms with Crippen LogP contribution >= 0.6 is 23.1 Å². The number of nitrogens with one attached hydrogen (secondary N) is 1. The van der Waals surface area contributed by atoms with Gasteiger partial charge in [-0.2, -0.15) is 0 Å². The summed E-state index contributed by atoms with van der Waals surface area (Å²) in [5.41, 5.74) is 0.594. The normalized spacial score (nSPS) is 23.1. The third-order valence-corrected chi connectivity index (χ3v) is 7.25. The Balaban J connectivity index is 1.85. The number of imide groups is 1. The van der Waals surface area contributed by atoms with E-state index in [-0.39, 0.29) is 16.4 Å². The summed E-state index contributed by atoms with van der Waals surface area (Å²) in [5.74, 6) is -3.79. The van der Waals surface area contributed by atoms with Crippen LogP contribution in [0.3, 0.4) is 0 Å². The Labute approximate surface area is 172 Å². The first-order chi connectivity index (χ1) is 13.8. The van der Waals surface area contributed by atoms with Gasteiger partial charge in [-0.3, -0.25) is 24.1 Å². The minimum Gasteiger partial charge on any atom is -0.504 e. The van der Waals surface area contributed by atoms with Gasteiger partial charge < -0.3 is 19.9 Å². The lowest BCUT2D eigenvalue weighted by Gasteiger charge is -2.30. The number of phenolic OH excluding ortho intramolecular Hbond substituents is 1. The first-order valence-corrected chi connectivity index (χ1v) is 10.4. The number of hydrogen-bond donors (Lipinski definition) is 3. The van der Waals surface area contributed by atoms with Crippen LogP contribution in [0.15, 0.2) is 28.0 Å². The van der Waals surface area contributed by atoms with Gasteiger partial charge in [-0.15, -0.1) is 0 Å². The van der Waals surface area contributed by atoms with Crippen molar-refractivity contribution < 1.29 is 29.3 Å². The average Bonchev–Trinajstić information content (AvgIpc) is 3.14. The molecule has 2 aromatic rings. The topological polar surface area (TPSA) is 137 Å². The number of hydrogen-bond acceptors (Lipinski definition) is 8. The Morgan fingerprint density at radius 3 is 2.72 bits per heavy atom. The van der Waals surface area contributed by atoms with Crippen LogP contribution in [0.2, 0.25) is 0 Å². The van der Waals surface area contributed by atoms with E-state index in [2.05, 4.69) is 4.98 Å². The molecule has 2 amide bonds. The zero-order valence-electron chi connectivity index (χ0n) is 15.1. The number of benzene rings is 1. The Hall–Kier alpha value is -2.79. The summed E-state index contributed by atoms with van der Waals surface area (Å²) in [5, 5.41) is 18.7. The van der Waals surface area contributed by atoms with Gasteiger partial charge in [0.2, 0.25) is 11.8 Å². The molecule has 11 heteroatoms. The van der Waals surface area contributed by atoms with Crippen LogP contribution in [0.4, 0.5) is 0 Å². The van der Waals surface area contributed by atoms with Crippen LogP contribution in [-0.4, -0.2) is 56.3 Å². The molecule has 152 valence electrons. The summed E-state index contributed by atoms with van der Waals surface area (Å²) in [6.45, 7) is 1.37. The number of rotatable bonds is 5. The number of carbonyl (C=O) groups is 3. The highest BCUT2D eigenvalue weighted by molar-refractivity contribution is 8.00. The molecular formula is C18H16N2O7S2. The summed E-state index contributed by atoms with van der Waals surface area (Å²) >= 11 is 2.03. The molecule has 29 heavy (non-hydrogen) atoms. The van der Waals surface area contributed by atoms with Gasteiger partial charge in [0, 0.05) is 10.8 Å². The van der Waals surface area contributed by atoms with Crippen molar-refractivity contribution in [3.05, 3.63) is 38.3 Å². The van der Waals surface area contributed by atoms with E-state index < -0.39 is 41.4 Å². The number of carbonyl (C=O) groups excluding carboxylic acids is 2. The van der Waals surface area contributed by atoms with Gasteiger partial charge in [-0.1, -0.05) is 29.2 Å².